The molecule has 2 N–H and O–H groups in total. The van der Waals surface area contributed by atoms with Crippen LogP contribution in [0.5, 0.6) is 5.75 Å². The molecular formula is C23H27FN2O3. The number of halogens is 1. The normalized spacial score (nSPS) is 18.7. The van der Waals surface area contributed by atoms with Crippen LogP contribution in [0.2, 0.25) is 0 Å². The number of amides is 2. The molecule has 1 fully saturated rings. The fraction of sp³-hybridized carbons (Fsp3) is 0.391. The van der Waals surface area contributed by atoms with E-state index in [0.717, 1.165) is 25.0 Å². The molecule has 1 aliphatic rings. The van der Waals surface area contributed by atoms with Crippen LogP contribution >= 0.6 is 0 Å². The minimum atomic E-state index is -0.512. The van der Waals surface area contributed by atoms with E-state index in [9.17, 15) is 14.0 Å². The van der Waals surface area contributed by atoms with Gasteiger partial charge in [-0.1, -0.05) is 30.3 Å². The van der Waals surface area contributed by atoms with Gasteiger partial charge in [-0.3, -0.25) is 9.59 Å². The van der Waals surface area contributed by atoms with E-state index in [4.69, 9.17) is 4.74 Å². The van der Waals surface area contributed by atoms with E-state index in [2.05, 4.69) is 10.6 Å². The summed E-state index contributed by atoms with van der Waals surface area (Å²) in [7, 11) is 0. The van der Waals surface area contributed by atoms with Crippen molar-refractivity contribution in [2.24, 2.45) is 0 Å². The molecule has 2 aromatic rings. The topological polar surface area (TPSA) is 67.4 Å². The summed E-state index contributed by atoms with van der Waals surface area (Å²) in [6.07, 6.45) is 3.51. The quantitative estimate of drug-likeness (QED) is 0.746. The summed E-state index contributed by atoms with van der Waals surface area (Å²) in [5.41, 5.74) is 0.707. The van der Waals surface area contributed by atoms with Crippen LogP contribution in [0.4, 0.5) is 4.39 Å². The van der Waals surface area contributed by atoms with Crippen LogP contribution in [0.3, 0.4) is 0 Å². The lowest BCUT2D eigenvalue weighted by atomic mass is 9.90. The summed E-state index contributed by atoms with van der Waals surface area (Å²) < 4.78 is 19.6. The van der Waals surface area contributed by atoms with Crippen molar-refractivity contribution in [2.45, 2.75) is 51.1 Å². The van der Waals surface area contributed by atoms with Crippen molar-refractivity contribution in [1.29, 1.82) is 0 Å². The van der Waals surface area contributed by atoms with Gasteiger partial charge in [0.15, 0.2) is 0 Å². The molecule has 0 saturated heterocycles. The Kier molecular flexibility index (Phi) is 7.22. The Labute approximate surface area is 170 Å². The summed E-state index contributed by atoms with van der Waals surface area (Å²) in [5, 5.41) is 5.96. The zero-order valence-electron chi connectivity index (χ0n) is 16.6. The lowest BCUT2D eigenvalue weighted by Crippen LogP contribution is -2.46. The number of hydrogen-bond acceptors (Lipinski definition) is 3. The number of benzene rings is 2. The highest BCUT2D eigenvalue weighted by molar-refractivity contribution is 5.96. The second-order valence-corrected chi connectivity index (χ2v) is 7.44. The van der Waals surface area contributed by atoms with E-state index in [1.54, 1.807) is 19.1 Å². The molecule has 1 saturated carbocycles. The van der Waals surface area contributed by atoms with Crippen molar-refractivity contribution in [3.8, 4) is 5.75 Å². The van der Waals surface area contributed by atoms with Crippen LogP contribution in [-0.2, 0) is 4.79 Å². The molecule has 2 amide bonds. The van der Waals surface area contributed by atoms with E-state index >= 15 is 0 Å². The van der Waals surface area contributed by atoms with Crippen molar-refractivity contribution in [2.75, 3.05) is 6.61 Å². The van der Waals surface area contributed by atoms with Crippen LogP contribution in [0, 0.1) is 12.7 Å². The molecule has 3 rings (SSSR count). The number of hydrogen-bond donors (Lipinski definition) is 2. The molecule has 2 atom stereocenters. The van der Waals surface area contributed by atoms with Gasteiger partial charge in [-0.25, -0.2) is 4.39 Å². The van der Waals surface area contributed by atoms with Gasteiger partial charge in [0.1, 0.15) is 11.6 Å². The van der Waals surface area contributed by atoms with Gasteiger partial charge in [0.05, 0.1) is 18.6 Å². The van der Waals surface area contributed by atoms with E-state index in [1.165, 1.54) is 6.07 Å². The van der Waals surface area contributed by atoms with Gasteiger partial charge in [0, 0.05) is 12.1 Å². The molecule has 29 heavy (non-hydrogen) atoms. The minimum Gasteiger partial charge on any atom is -0.493 e. The first kappa shape index (κ1) is 20.8. The molecule has 0 spiro atoms. The molecule has 154 valence electrons. The van der Waals surface area contributed by atoms with Crippen molar-refractivity contribution < 1.29 is 18.7 Å². The van der Waals surface area contributed by atoms with Gasteiger partial charge >= 0.3 is 0 Å². The molecule has 0 aromatic heterocycles. The average Bonchev–Trinajstić information content (AvgIpc) is 2.69. The smallest absolute Gasteiger partial charge is 0.254 e. The monoisotopic (exact) mass is 398 g/mol. The standard InChI is InChI=1S/C23H27FN2O3/c1-16-7-5-12-20(24)22(16)23(28)26-18-9-6-8-17(15-18)25-21(27)13-14-29-19-10-3-2-4-11-19/h2-5,7,10-12,17-18H,6,8-9,13-15H2,1H3,(H,25,27)(H,26,28)/t17-,18-/m1/s1. The maximum absolute atomic E-state index is 14.0. The summed E-state index contributed by atoms with van der Waals surface area (Å²) in [6.45, 7) is 2.04. The Balaban J connectivity index is 1.45. The highest BCUT2D eigenvalue weighted by Crippen LogP contribution is 2.20. The highest BCUT2D eigenvalue weighted by atomic mass is 19.1. The second-order valence-electron chi connectivity index (χ2n) is 7.44. The Morgan fingerprint density at radius 1 is 1.03 bits per heavy atom. The van der Waals surface area contributed by atoms with Crippen LogP contribution in [0.1, 0.15) is 48.0 Å². The Bertz CT molecular complexity index is 821. The first-order chi connectivity index (χ1) is 14.0. The van der Waals surface area contributed by atoms with E-state index in [-0.39, 0.29) is 30.0 Å². The summed E-state index contributed by atoms with van der Waals surface area (Å²) in [6, 6.07) is 13.9. The molecule has 6 heteroatoms. The van der Waals surface area contributed by atoms with E-state index in [0.29, 0.717) is 18.6 Å². The fourth-order valence-corrected chi connectivity index (χ4v) is 3.71. The van der Waals surface area contributed by atoms with E-state index in [1.807, 2.05) is 30.3 Å². The van der Waals surface area contributed by atoms with Crippen LogP contribution in [-0.4, -0.2) is 30.5 Å². The number of carbonyl (C=O) groups excluding carboxylic acids is 2. The van der Waals surface area contributed by atoms with Gasteiger partial charge < -0.3 is 15.4 Å². The third-order valence-corrected chi connectivity index (χ3v) is 5.16. The molecule has 0 heterocycles. The Morgan fingerprint density at radius 3 is 2.48 bits per heavy atom. The molecule has 0 radical (unpaired) electrons. The Hall–Kier alpha value is -2.89. The number of para-hydroxylation sites is 1. The first-order valence-electron chi connectivity index (χ1n) is 10.1. The van der Waals surface area contributed by atoms with Gasteiger partial charge in [0.2, 0.25) is 5.91 Å². The van der Waals surface area contributed by atoms with Crippen molar-refractivity contribution in [1.82, 2.24) is 10.6 Å². The number of rotatable bonds is 7. The van der Waals surface area contributed by atoms with Gasteiger partial charge in [-0.2, -0.15) is 0 Å². The van der Waals surface area contributed by atoms with Crippen molar-refractivity contribution in [3.05, 3.63) is 65.5 Å². The maximum Gasteiger partial charge on any atom is 0.254 e. The van der Waals surface area contributed by atoms with Gasteiger partial charge in [0.25, 0.3) is 5.91 Å². The number of carbonyl (C=O) groups is 2. The second kappa shape index (κ2) is 10.0. The fourth-order valence-electron chi connectivity index (χ4n) is 3.71. The number of ether oxygens (including phenoxy) is 1. The molecule has 0 bridgehead atoms. The molecule has 0 unspecified atom stereocenters. The molecule has 5 nitrogen and oxygen atoms in total. The predicted molar refractivity (Wildman–Crippen MR) is 109 cm³/mol. The maximum atomic E-state index is 14.0. The lowest BCUT2D eigenvalue weighted by Gasteiger charge is -2.30. The third kappa shape index (κ3) is 6.04. The molecular weight excluding hydrogens is 371 g/mol. The first-order valence-corrected chi connectivity index (χ1v) is 10.1. The highest BCUT2D eigenvalue weighted by Gasteiger charge is 2.26. The zero-order valence-corrected chi connectivity index (χ0v) is 16.6. The van der Waals surface area contributed by atoms with Gasteiger partial charge in [-0.15, -0.1) is 0 Å². The largest absolute Gasteiger partial charge is 0.493 e. The van der Waals surface area contributed by atoms with Crippen LogP contribution in [0.15, 0.2) is 48.5 Å². The summed E-state index contributed by atoms with van der Waals surface area (Å²) >= 11 is 0. The van der Waals surface area contributed by atoms with Crippen LogP contribution in [0.25, 0.3) is 0 Å². The SMILES string of the molecule is Cc1cccc(F)c1C(=O)N[C@@H]1CCC[C@@H](NC(=O)CCOc2ccccc2)C1. The van der Waals surface area contributed by atoms with Crippen LogP contribution < -0.4 is 15.4 Å². The van der Waals surface area contributed by atoms with E-state index < -0.39 is 11.7 Å². The lowest BCUT2D eigenvalue weighted by molar-refractivity contribution is -0.122. The third-order valence-electron chi connectivity index (χ3n) is 5.16. The minimum absolute atomic E-state index is 0.00000693. The number of nitrogens with one attached hydrogen (secondary N) is 2. The predicted octanol–water partition coefficient (Wildman–Crippen LogP) is 3.76. The molecule has 1 aliphatic carbocycles. The zero-order chi connectivity index (χ0) is 20.6. The molecule has 2 aromatic carbocycles. The summed E-state index contributed by atoms with van der Waals surface area (Å²) in [5.74, 6) is -0.234. The average molecular weight is 398 g/mol. The van der Waals surface area contributed by atoms with Gasteiger partial charge in [-0.05, 0) is 56.4 Å². The summed E-state index contributed by atoms with van der Waals surface area (Å²) in [4.78, 5) is 24.7. The van der Waals surface area contributed by atoms with Crippen molar-refractivity contribution in [3.63, 3.8) is 0 Å². The Morgan fingerprint density at radius 2 is 1.76 bits per heavy atom. The van der Waals surface area contributed by atoms with Crippen molar-refractivity contribution >= 4 is 11.8 Å². The molecule has 0 aliphatic heterocycles. The number of aryl methyl sites for hydroxylation is 1.